The number of hydrogen-bond acceptors (Lipinski definition) is 0. The Morgan fingerprint density at radius 1 is 0.536 bits per heavy atom. The summed E-state index contributed by atoms with van der Waals surface area (Å²) in [5, 5.41) is 4.02. The highest BCUT2D eigenvalue weighted by Crippen LogP contribution is 2.74. The summed E-state index contributed by atoms with van der Waals surface area (Å²) >= 11 is 0. The molecule has 0 spiro atoms. The fourth-order valence-electron chi connectivity index (χ4n) is 6.28. The van der Waals surface area contributed by atoms with Gasteiger partial charge in [0.05, 0.1) is 0 Å². The zero-order chi connectivity index (χ0) is 20.6. The normalized spacial score (nSPS) is 32.9. The Kier molecular flexibility index (Phi) is 7.93. The Labute approximate surface area is 178 Å². The molecule has 0 radical (unpaired) electrons. The minimum Gasteiger partial charge on any atom is -0.0837 e. The van der Waals surface area contributed by atoms with Gasteiger partial charge in [-0.3, -0.25) is 0 Å². The molecule has 0 amide bonds. The molecule has 2 fully saturated rings. The first-order valence-electron chi connectivity index (χ1n) is 12.2. The standard InChI is InChI=1S/C26H46P2/c1-17(2)21-13-14-22(18(3)4)27(21)25-11-9-10-12-26(25)28-23(19(5)6)15-16-24(28)20(7)8/h9-10,17-24H,11-16H2,1-8H3/t21-,22-,23-,24-/m1/s1. The Morgan fingerprint density at radius 3 is 1.00 bits per heavy atom. The van der Waals surface area contributed by atoms with Crippen molar-refractivity contribution in [3.8, 4) is 0 Å². The number of rotatable bonds is 6. The third-order valence-corrected chi connectivity index (χ3v) is 16.4. The van der Waals surface area contributed by atoms with E-state index in [-0.39, 0.29) is 15.8 Å². The van der Waals surface area contributed by atoms with Crippen LogP contribution in [0.15, 0.2) is 22.8 Å². The summed E-state index contributed by atoms with van der Waals surface area (Å²) in [5.41, 5.74) is 3.91. The Bertz CT molecular complexity index is 501. The summed E-state index contributed by atoms with van der Waals surface area (Å²) in [6.45, 7) is 20.1. The molecule has 0 N–H and O–H groups in total. The van der Waals surface area contributed by atoms with Crippen LogP contribution in [0.3, 0.4) is 0 Å². The summed E-state index contributed by atoms with van der Waals surface area (Å²) in [5.74, 6) is 3.42. The van der Waals surface area contributed by atoms with Crippen molar-refractivity contribution >= 4 is 15.8 Å². The van der Waals surface area contributed by atoms with Crippen molar-refractivity contribution in [3.63, 3.8) is 0 Å². The summed E-state index contributed by atoms with van der Waals surface area (Å²) in [4.78, 5) is 0. The van der Waals surface area contributed by atoms with E-state index in [0.29, 0.717) is 0 Å². The molecule has 160 valence electrons. The maximum absolute atomic E-state index is 2.54. The van der Waals surface area contributed by atoms with Crippen LogP contribution in [0.4, 0.5) is 0 Å². The summed E-state index contributed by atoms with van der Waals surface area (Å²) in [6, 6.07) is 0. The first kappa shape index (κ1) is 23.0. The molecule has 2 heteroatoms. The van der Waals surface area contributed by atoms with Gasteiger partial charge in [0, 0.05) is 0 Å². The Hall–Kier alpha value is 0.340. The highest BCUT2D eigenvalue weighted by molar-refractivity contribution is 7.68. The van der Waals surface area contributed by atoms with E-state index in [1.54, 1.807) is 0 Å². The molecule has 0 aromatic carbocycles. The number of hydrogen-bond donors (Lipinski definition) is 0. The van der Waals surface area contributed by atoms with Crippen molar-refractivity contribution in [2.24, 2.45) is 23.7 Å². The minimum atomic E-state index is 0.0435. The van der Waals surface area contributed by atoms with E-state index in [9.17, 15) is 0 Å². The monoisotopic (exact) mass is 420 g/mol. The summed E-state index contributed by atoms with van der Waals surface area (Å²) < 4.78 is 0. The van der Waals surface area contributed by atoms with Gasteiger partial charge in [0.1, 0.15) is 0 Å². The molecule has 2 heterocycles. The topological polar surface area (TPSA) is 0 Å². The maximum atomic E-state index is 2.54. The van der Waals surface area contributed by atoms with Crippen LogP contribution in [0, 0.1) is 23.7 Å². The molecule has 3 rings (SSSR count). The largest absolute Gasteiger partial charge is 0.0837 e. The molecule has 2 saturated heterocycles. The van der Waals surface area contributed by atoms with Gasteiger partial charge < -0.3 is 0 Å². The van der Waals surface area contributed by atoms with E-state index in [1.165, 1.54) is 38.5 Å². The van der Waals surface area contributed by atoms with E-state index in [2.05, 4.69) is 67.5 Å². The molecule has 3 aliphatic rings. The predicted octanol–water partition coefficient (Wildman–Crippen LogP) is 9.20. The Morgan fingerprint density at radius 2 is 0.786 bits per heavy atom. The van der Waals surface area contributed by atoms with Gasteiger partial charge in [-0.15, -0.1) is 0 Å². The average molecular weight is 421 g/mol. The lowest BCUT2D eigenvalue weighted by Crippen LogP contribution is -2.19. The fraction of sp³-hybridized carbons (Fsp3) is 0.846. The second-order valence-corrected chi connectivity index (χ2v) is 16.3. The van der Waals surface area contributed by atoms with Gasteiger partial charge in [0.2, 0.25) is 0 Å². The molecule has 0 aromatic heterocycles. The second-order valence-electron chi connectivity index (χ2n) is 11.0. The molecule has 0 nitrogen and oxygen atoms in total. The van der Waals surface area contributed by atoms with Gasteiger partial charge in [0.15, 0.2) is 0 Å². The maximum Gasteiger partial charge on any atom is -0.00894 e. The van der Waals surface area contributed by atoms with Crippen LogP contribution in [0.2, 0.25) is 0 Å². The number of allylic oxidation sites excluding steroid dienone is 4. The van der Waals surface area contributed by atoms with Gasteiger partial charge in [-0.25, -0.2) is 0 Å². The predicted molar refractivity (Wildman–Crippen MR) is 132 cm³/mol. The zero-order valence-electron chi connectivity index (χ0n) is 19.9. The molecule has 28 heavy (non-hydrogen) atoms. The fourth-order valence-corrected chi connectivity index (χ4v) is 15.3. The van der Waals surface area contributed by atoms with E-state index in [0.717, 1.165) is 46.3 Å². The van der Waals surface area contributed by atoms with Crippen molar-refractivity contribution in [2.45, 2.75) is 117 Å². The SMILES string of the molecule is CC(C)[C@H]1CC[C@H](C(C)C)P1C1=C(P2[C@@H](C(C)C)CC[C@@H]2C(C)C)CC=CC1. The summed E-state index contributed by atoms with van der Waals surface area (Å²) in [6.07, 6.45) is 13.6. The quantitative estimate of drug-likeness (QED) is 0.297. The van der Waals surface area contributed by atoms with Gasteiger partial charge in [-0.05, 0) is 95.5 Å². The molecular formula is C26H46P2. The van der Waals surface area contributed by atoms with Crippen LogP contribution in [-0.4, -0.2) is 22.6 Å². The van der Waals surface area contributed by atoms with Crippen LogP contribution in [-0.2, 0) is 0 Å². The van der Waals surface area contributed by atoms with Gasteiger partial charge in [-0.1, -0.05) is 83.4 Å². The molecular weight excluding hydrogens is 374 g/mol. The lowest BCUT2D eigenvalue weighted by molar-refractivity contribution is 0.543. The van der Waals surface area contributed by atoms with Gasteiger partial charge >= 0.3 is 0 Å². The molecule has 0 unspecified atom stereocenters. The lowest BCUT2D eigenvalue weighted by atomic mass is 10.0. The van der Waals surface area contributed by atoms with Crippen LogP contribution < -0.4 is 0 Å². The third kappa shape index (κ3) is 4.50. The van der Waals surface area contributed by atoms with E-state index in [4.69, 9.17) is 0 Å². The van der Waals surface area contributed by atoms with E-state index in [1.807, 2.05) is 10.6 Å². The highest BCUT2D eigenvalue weighted by atomic mass is 31.1. The van der Waals surface area contributed by atoms with Crippen molar-refractivity contribution in [2.75, 3.05) is 0 Å². The first-order chi connectivity index (χ1) is 13.2. The third-order valence-electron chi connectivity index (χ3n) is 7.77. The molecule has 0 saturated carbocycles. The molecule has 4 atom stereocenters. The van der Waals surface area contributed by atoms with Crippen LogP contribution in [0.5, 0.6) is 0 Å². The van der Waals surface area contributed by atoms with Gasteiger partial charge in [0.25, 0.3) is 0 Å². The first-order valence-corrected chi connectivity index (χ1v) is 15.1. The van der Waals surface area contributed by atoms with Gasteiger partial charge in [-0.2, -0.15) is 0 Å². The second kappa shape index (κ2) is 9.65. The van der Waals surface area contributed by atoms with Crippen LogP contribution in [0.1, 0.15) is 93.9 Å². The minimum absolute atomic E-state index is 0.0435. The van der Waals surface area contributed by atoms with Crippen LogP contribution in [0.25, 0.3) is 0 Å². The highest BCUT2D eigenvalue weighted by Gasteiger charge is 2.45. The van der Waals surface area contributed by atoms with Crippen molar-refractivity contribution in [3.05, 3.63) is 22.8 Å². The smallest absolute Gasteiger partial charge is 0.00894 e. The molecule has 1 aliphatic carbocycles. The average Bonchev–Trinajstić information content (AvgIpc) is 3.26. The molecule has 0 aromatic rings. The molecule has 2 aliphatic heterocycles. The van der Waals surface area contributed by atoms with Crippen molar-refractivity contribution < 1.29 is 0 Å². The Balaban J connectivity index is 2.06. The van der Waals surface area contributed by atoms with E-state index < -0.39 is 0 Å². The lowest BCUT2D eigenvalue weighted by Gasteiger charge is -2.40. The summed E-state index contributed by atoms with van der Waals surface area (Å²) in [7, 11) is 0.0869. The van der Waals surface area contributed by atoms with Crippen molar-refractivity contribution in [1.29, 1.82) is 0 Å². The van der Waals surface area contributed by atoms with Crippen LogP contribution >= 0.6 is 15.8 Å². The van der Waals surface area contributed by atoms with E-state index >= 15 is 0 Å². The van der Waals surface area contributed by atoms with Crippen molar-refractivity contribution in [1.82, 2.24) is 0 Å². The zero-order valence-corrected chi connectivity index (χ0v) is 21.7. The molecule has 0 bridgehead atoms.